The number of fused-ring (bicyclic) bond motifs is 1. The zero-order valence-electron chi connectivity index (χ0n) is 16.2. The van der Waals surface area contributed by atoms with Gasteiger partial charge in [-0.15, -0.1) is 0 Å². The van der Waals surface area contributed by atoms with Gasteiger partial charge in [0.2, 0.25) is 5.91 Å². The smallest absolute Gasteiger partial charge is 0.244 e. The molecule has 1 N–H and O–H groups in total. The molecule has 1 saturated heterocycles. The Balaban J connectivity index is 1.47. The van der Waals surface area contributed by atoms with Gasteiger partial charge >= 0.3 is 0 Å². The predicted molar refractivity (Wildman–Crippen MR) is 107 cm³/mol. The molecule has 2 aliphatic rings. The summed E-state index contributed by atoms with van der Waals surface area (Å²) in [6.07, 6.45) is 7.13. The number of piperidine rings is 1. The lowest BCUT2D eigenvalue weighted by Crippen LogP contribution is -2.43. The monoisotopic (exact) mass is 366 g/mol. The molecule has 1 atom stereocenters. The number of nitrogens with one attached hydrogen (secondary N) is 1. The Morgan fingerprint density at radius 1 is 1.26 bits per heavy atom. The molecule has 144 valence electrons. The van der Waals surface area contributed by atoms with E-state index in [4.69, 9.17) is 0 Å². The number of carbonyl (C=O) groups excluding carboxylic acids is 1. The Kier molecular flexibility index (Phi) is 5.58. The second kappa shape index (κ2) is 8.26. The lowest BCUT2D eigenvalue weighted by molar-refractivity contribution is -0.134. The van der Waals surface area contributed by atoms with Gasteiger partial charge in [0.15, 0.2) is 0 Å². The van der Waals surface area contributed by atoms with Crippen molar-refractivity contribution >= 4 is 5.91 Å². The Labute approximate surface area is 161 Å². The molecular weight excluding hydrogens is 336 g/mol. The van der Waals surface area contributed by atoms with Gasteiger partial charge in [-0.1, -0.05) is 31.2 Å². The molecule has 1 aromatic heterocycles. The van der Waals surface area contributed by atoms with E-state index in [2.05, 4.69) is 52.6 Å². The van der Waals surface area contributed by atoms with E-state index in [0.717, 1.165) is 38.9 Å². The highest BCUT2D eigenvalue weighted by molar-refractivity contribution is 5.76. The third-order valence-electron chi connectivity index (χ3n) is 6.00. The SMILES string of the molecule is CCCN(C(=O)Cn1nccc1[C@@H]1CCCNC1)C1Cc2ccccc2C1. The van der Waals surface area contributed by atoms with Crippen molar-refractivity contribution in [3.05, 3.63) is 53.3 Å². The number of hydrogen-bond acceptors (Lipinski definition) is 3. The van der Waals surface area contributed by atoms with Crippen molar-refractivity contribution in [1.82, 2.24) is 20.0 Å². The molecule has 4 rings (SSSR count). The maximum absolute atomic E-state index is 13.2. The van der Waals surface area contributed by atoms with Gasteiger partial charge in [0.05, 0.1) is 0 Å². The molecule has 1 aliphatic heterocycles. The largest absolute Gasteiger partial charge is 0.337 e. The zero-order chi connectivity index (χ0) is 18.6. The third kappa shape index (κ3) is 3.93. The van der Waals surface area contributed by atoms with Crippen LogP contribution in [-0.4, -0.2) is 46.3 Å². The van der Waals surface area contributed by atoms with Crippen LogP contribution < -0.4 is 5.32 Å². The molecule has 1 aliphatic carbocycles. The first-order valence-electron chi connectivity index (χ1n) is 10.3. The minimum absolute atomic E-state index is 0.198. The summed E-state index contributed by atoms with van der Waals surface area (Å²) in [5, 5.41) is 7.95. The first kappa shape index (κ1) is 18.2. The fraction of sp³-hybridized carbons (Fsp3) is 0.545. The fourth-order valence-corrected chi connectivity index (χ4v) is 4.65. The van der Waals surface area contributed by atoms with Crippen LogP contribution in [0.4, 0.5) is 0 Å². The van der Waals surface area contributed by atoms with Crippen LogP contribution in [-0.2, 0) is 24.2 Å². The zero-order valence-corrected chi connectivity index (χ0v) is 16.2. The van der Waals surface area contributed by atoms with E-state index in [1.165, 1.54) is 29.7 Å². The van der Waals surface area contributed by atoms with Crippen LogP contribution in [0.3, 0.4) is 0 Å². The predicted octanol–water partition coefficient (Wildman–Crippen LogP) is 2.76. The highest BCUT2D eigenvalue weighted by Gasteiger charge is 2.30. The molecule has 5 heteroatoms. The van der Waals surface area contributed by atoms with Gasteiger partial charge in [0, 0.05) is 36.9 Å². The first-order valence-corrected chi connectivity index (χ1v) is 10.3. The van der Waals surface area contributed by atoms with Crippen molar-refractivity contribution in [1.29, 1.82) is 0 Å². The topological polar surface area (TPSA) is 50.2 Å². The molecule has 1 fully saturated rings. The van der Waals surface area contributed by atoms with Crippen LogP contribution in [0.2, 0.25) is 0 Å². The van der Waals surface area contributed by atoms with E-state index in [1.807, 2.05) is 10.9 Å². The molecule has 1 amide bonds. The summed E-state index contributed by atoms with van der Waals surface area (Å²) >= 11 is 0. The van der Waals surface area contributed by atoms with Gasteiger partial charge < -0.3 is 10.2 Å². The average Bonchev–Trinajstić information content (AvgIpc) is 3.33. The van der Waals surface area contributed by atoms with Crippen LogP contribution in [0.1, 0.15) is 48.9 Å². The molecule has 1 aromatic carbocycles. The van der Waals surface area contributed by atoms with Gasteiger partial charge in [-0.25, -0.2) is 0 Å². The normalized spacial score (nSPS) is 19.8. The number of benzene rings is 1. The summed E-state index contributed by atoms with van der Waals surface area (Å²) < 4.78 is 1.94. The number of hydrogen-bond donors (Lipinski definition) is 1. The first-order chi connectivity index (χ1) is 13.3. The third-order valence-corrected chi connectivity index (χ3v) is 6.00. The average molecular weight is 367 g/mol. The van der Waals surface area contributed by atoms with Crippen LogP contribution in [0, 0.1) is 0 Å². The molecular formula is C22H30N4O. The fourth-order valence-electron chi connectivity index (χ4n) is 4.65. The van der Waals surface area contributed by atoms with Gasteiger partial charge in [0.25, 0.3) is 0 Å². The van der Waals surface area contributed by atoms with Crippen molar-refractivity contribution in [2.45, 2.75) is 57.5 Å². The molecule has 0 radical (unpaired) electrons. The summed E-state index contributed by atoms with van der Waals surface area (Å²) in [5.41, 5.74) is 3.98. The van der Waals surface area contributed by atoms with Gasteiger partial charge in [-0.05, 0) is 55.8 Å². The molecule has 0 bridgehead atoms. The van der Waals surface area contributed by atoms with Crippen molar-refractivity contribution < 1.29 is 4.79 Å². The van der Waals surface area contributed by atoms with Crippen molar-refractivity contribution in [2.24, 2.45) is 0 Å². The lowest BCUT2D eigenvalue weighted by Gasteiger charge is -2.30. The Hall–Kier alpha value is -2.14. The van der Waals surface area contributed by atoms with E-state index in [1.54, 1.807) is 0 Å². The second-order valence-corrected chi connectivity index (χ2v) is 7.87. The van der Waals surface area contributed by atoms with Gasteiger partial charge in [-0.3, -0.25) is 9.48 Å². The standard InChI is InChI=1S/C22H30N4O/c1-2-12-25(20-13-17-6-3-4-7-18(17)14-20)22(27)16-26-21(9-11-24-26)19-8-5-10-23-15-19/h3-4,6-7,9,11,19-20,23H,2,5,8,10,12-16H2,1H3/t19-/m1/s1. The maximum atomic E-state index is 13.2. The minimum atomic E-state index is 0.198. The van der Waals surface area contributed by atoms with Gasteiger partial charge in [0.1, 0.15) is 6.54 Å². The van der Waals surface area contributed by atoms with E-state index < -0.39 is 0 Å². The summed E-state index contributed by atoms with van der Waals surface area (Å²) in [6, 6.07) is 11.0. The number of carbonyl (C=O) groups is 1. The molecule has 2 aromatic rings. The van der Waals surface area contributed by atoms with E-state index in [-0.39, 0.29) is 11.9 Å². The molecule has 27 heavy (non-hydrogen) atoms. The quantitative estimate of drug-likeness (QED) is 0.855. The highest BCUT2D eigenvalue weighted by atomic mass is 16.2. The Bertz CT molecular complexity index is 753. The number of aromatic nitrogens is 2. The molecule has 0 unspecified atom stereocenters. The van der Waals surface area contributed by atoms with E-state index in [9.17, 15) is 4.79 Å². The number of nitrogens with zero attached hydrogens (tertiary/aromatic N) is 3. The van der Waals surface area contributed by atoms with Crippen molar-refractivity contribution in [3.8, 4) is 0 Å². The van der Waals surface area contributed by atoms with Gasteiger partial charge in [-0.2, -0.15) is 5.10 Å². The summed E-state index contributed by atoms with van der Waals surface area (Å²) in [7, 11) is 0. The number of rotatable bonds is 6. The Morgan fingerprint density at radius 2 is 2.04 bits per heavy atom. The van der Waals surface area contributed by atoms with Crippen LogP contribution >= 0.6 is 0 Å². The maximum Gasteiger partial charge on any atom is 0.244 e. The summed E-state index contributed by atoms with van der Waals surface area (Å²) in [6.45, 7) is 5.40. The van der Waals surface area contributed by atoms with Crippen LogP contribution in [0.15, 0.2) is 36.5 Å². The lowest BCUT2D eigenvalue weighted by atomic mass is 9.96. The minimum Gasteiger partial charge on any atom is -0.337 e. The molecule has 5 nitrogen and oxygen atoms in total. The van der Waals surface area contributed by atoms with Crippen LogP contribution in [0.25, 0.3) is 0 Å². The highest BCUT2D eigenvalue weighted by Crippen LogP contribution is 2.27. The molecule has 2 heterocycles. The second-order valence-electron chi connectivity index (χ2n) is 7.87. The van der Waals surface area contributed by atoms with E-state index >= 15 is 0 Å². The summed E-state index contributed by atoms with van der Waals surface area (Å²) in [5.74, 6) is 0.660. The van der Waals surface area contributed by atoms with E-state index in [0.29, 0.717) is 12.5 Å². The van der Waals surface area contributed by atoms with Crippen LogP contribution in [0.5, 0.6) is 0 Å². The Morgan fingerprint density at radius 3 is 2.70 bits per heavy atom. The molecule has 0 saturated carbocycles. The summed E-state index contributed by atoms with van der Waals surface area (Å²) in [4.78, 5) is 15.3. The molecule has 0 spiro atoms. The van der Waals surface area contributed by atoms with Crippen molar-refractivity contribution in [3.63, 3.8) is 0 Å². The number of amides is 1. The van der Waals surface area contributed by atoms with Crippen molar-refractivity contribution in [2.75, 3.05) is 19.6 Å².